The molecule has 1 rings (SSSR count). The van der Waals surface area contributed by atoms with Crippen LogP contribution in [0.25, 0.3) is 10.4 Å². The van der Waals surface area contributed by atoms with Crippen molar-refractivity contribution in [1.29, 1.82) is 0 Å². The van der Waals surface area contributed by atoms with Gasteiger partial charge in [0.05, 0.1) is 6.04 Å². The summed E-state index contributed by atoms with van der Waals surface area (Å²) in [5.41, 5.74) is 10.9. The van der Waals surface area contributed by atoms with Crippen molar-refractivity contribution in [2.24, 2.45) is 5.11 Å². The average Bonchev–Trinajstić information content (AvgIpc) is 2.17. The van der Waals surface area contributed by atoms with Crippen LogP contribution in [0.1, 0.15) is 44.9 Å². The van der Waals surface area contributed by atoms with Crippen LogP contribution >= 0.6 is 0 Å². The fourth-order valence-electron chi connectivity index (χ4n) is 1.41. The Labute approximate surface area is 90.8 Å². The van der Waals surface area contributed by atoms with Crippen molar-refractivity contribution < 1.29 is 0 Å². The maximum atomic E-state index is 8.34. The summed E-state index contributed by atoms with van der Waals surface area (Å²) in [6, 6.07) is 8.15. The van der Waals surface area contributed by atoms with Gasteiger partial charge in [0.25, 0.3) is 0 Å². The van der Waals surface area contributed by atoms with Crippen LogP contribution in [0.2, 0.25) is 0 Å². The van der Waals surface area contributed by atoms with Gasteiger partial charge in [0.1, 0.15) is 0 Å². The van der Waals surface area contributed by atoms with E-state index >= 15 is 0 Å². The quantitative estimate of drug-likeness (QED) is 0.389. The van der Waals surface area contributed by atoms with Gasteiger partial charge in [-0.2, -0.15) is 0 Å². The Kier molecular flexibility index (Phi) is 3.38. The molecule has 3 nitrogen and oxygen atoms in total. The minimum atomic E-state index is -0.0935. The maximum absolute atomic E-state index is 8.34. The van der Waals surface area contributed by atoms with E-state index in [1.54, 1.807) is 0 Å². The van der Waals surface area contributed by atoms with Crippen LogP contribution in [0.15, 0.2) is 29.4 Å². The molecule has 3 heteroatoms. The third kappa shape index (κ3) is 3.00. The van der Waals surface area contributed by atoms with Gasteiger partial charge < -0.3 is 0 Å². The summed E-state index contributed by atoms with van der Waals surface area (Å²) in [5, 5.41) is 3.67. The monoisotopic (exact) mass is 203 g/mol. The van der Waals surface area contributed by atoms with E-state index in [0.29, 0.717) is 0 Å². The summed E-state index contributed by atoms with van der Waals surface area (Å²) in [4.78, 5) is 2.81. The minimum absolute atomic E-state index is 0.0935. The lowest BCUT2D eigenvalue weighted by atomic mass is 9.86. The molecule has 0 saturated carbocycles. The first-order chi connectivity index (χ1) is 6.95. The highest BCUT2D eigenvalue weighted by molar-refractivity contribution is 5.29. The van der Waals surface area contributed by atoms with Crippen LogP contribution in [-0.2, 0) is 5.41 Å². The number of benzene rings is 1. The first-order valence-corrected chi connectivity index (χ1v) is 5.10. The Morgan fingerprint density at radius 3 is 2.13 bits per heavy atom. The molecule has 1 atom stereocenters. The molecule has 0 saturated heterocycles. The molecule has 0 aliphatic heterocycles. The molecular weight excluding hydrogens is 186 g/mol. The van der Waals surface area contributed by atoms with E-state index < -0.39 is 0 Å². The largest absolute Gasteiger partial charge is 0.0862 e. The normalized spacial score (nSPS) is 13.1. The highest BCUT2D eigenvalue weighted by Gasteiger charge is 2.13. The second-order valence-corrected chi connectivity index (χ2v) is 4.75. The van der Waals surface area contributed by atoms with Gasteiger partial charge in [-0.1, -0.05) is 57.1 Å². The lowest BCUT2D eigenvalue weighted by Gasteiger charge is -2.19. The Morgan fingerprint density at radius 1 is 1.20 bits per heavy atom. The number of rotatable bonds is 2. The molecule has 1 aromatic rings. The van der Waals surface area contributed by atoms with Gasteiger partial charge in [0.15, 0.2) is 0 Å². The summed E-state index contributed by atoms with van der Waals surface area (Å²) in [5.74, 6) is 0. The topological polar surface area (TPSA) is 48.8 Å². The number of hydrogen-bond acceptors (Lipinski definition) is 1. The zero-order chi connectivity index (χ0) is 11.5. The fraction of sp³-hybridized carbons (Fsp3) is 0.500. The number of hydrogen-bond donors (Lipinski definition) is 0. The van der Waals surface area contributed by atoms with E-state index in [-0.39, 0.29) is 11.5 Å². The van der Waals surface area contributed by atoms with E-state index in [1.165, 1.54) is 5.56 Å². The van der Waals surface area contributed by atoms with Gasteiger partial charge in [0.2, 0.25) is 0 Å². The summed E-state index contributed by atoms with van der Waals surface area (Å²) in [7, 11) is 0. The van der Waals surface area contributed by atoms with Crippen LogP contribution in [0, 0.1) is 0 Å². The second kappa shape index (κ2) is 4.37. The van der Waals surface area contributed by atoms with Crippen LogP contribution in [0.5, 0.6) is 0 Å². The molecular formula is C12H17N3. The van der Waals surface area contributed by atoms with Crippen LogP contribution in [0.4, 0.5) is 0 Å². The molecule has 0 bridgehead atoms. The lowest BCUT2D eigenvalue weighted by molar-refractivity contribution is 0.589. The molecule has 0 aromatic heterocycles. The fourth-order valence-corrected chi connectivity index (χ4v) is 1.41. The molecule has 0 heterocycles. The van der Waals surface area contributed by atoms with E-state index in [9.17, 15) is 0 Å². The van der Waals surface area contributed by atoms with E-state index in [4.69, 9.17) is 5.53 Å². The summed E-state index contributed by atoms with van der Waals surface area (Å²) >= 11 is 0. The SMILES string of the molecule is C[C@H](N=[N+]=[N-])c1ccc(C(C)(C)C)cc1. The molecule has 0 aliphatic carbocycles. The van der Waals surface area contributed by atoms with Crippen molar-refractivity contribution in [3.63, 3.8) is 0 Å². The van der Waals surface area contributed by atoms with E-state index in [2.05, 4.69) is 42.9 Å². The first kappa shape index (κ1) is 11.6. The molecule has 0 amide bonds. The highest BCUT2D eigenvalue weighted by atomic mass is 15.1. The van der Waals surface area contributed by atoms with Crippen molar-refractivity contribution in [3.8, 4) is 0 Å². The standard InChI is InChI=1S/C12H17N3/c1-9(14-15-13)10-5-7-11(8-6-10)12(2,3)4/h5-9H,1-4H3/t9-/m0/s1. The molecule has 0 fully saturated rings. The van der Waals surface area contributed by atoms with Crippen molar-refractivity contribution >= 4 is 0 Å². The smallest absolute Gasteiger partial charge is 0.0597 e. The lowest BCUT2D eigenvalue weighted by Crippen LogP contribution is -2.10. The van der Waals surface area contributed by atoms with Crippen molar-refractivity contribution in [3.05, 3.63) is 45.8 Å². The predicted molar refractivity (Wildman–Crippen MR) is 62.7 cm³/mol. The van der Waals surface area contributed by atoms with Gasteiger partial charge in [-0.25, -0.2) is 0 Å². The van der Waals surface area contributed by atoms with Gasteiger partial charge in [-0.05, 0) is 22.1 Å². The Morgan fingerprint density at radius 2 is 1.73 bits per heavy atom. The number of azide groups is 1. The predicted octanol–water partition coefficient (Wildman–Crippen LogP) is 4.36. The molecule has 15 heavy (non-hydrogen) atoms. The van der Waals surface area contributed by atoms with Crippen molar-refractivity contribution in [2.75, 3.05) is 0 Å². The van der Waals surface area contributed by atoms with Crippen LogP contribution < -0.4 is 0 Å². The van der Waals surface area contributed by atoms with E-state index in [0.717, 1.165) is 5.56 Å². The zero-order valence-corrected chi connectivity index (χ0v) is 9.73. The van der Waals surface area contributed by atoms with Gasteiger partial charge in [0, 0.05) is 4.91 Å². The van der Waals surface area contributed by atoms with Crippen molar-refractivity contribution in [1.82, 2.24) is 0 Å². The molecule has 0 aliphatic rings. The molecule has 1 aromatic carbocycles. The molecule has 0 spiro atoms. The van der Waals surface area contributed by atoms with Gasteiger partial charge in [-0.15, -0.1) is 0 Å². The molecule has 80 valence electrons. The zero-order valence-electron chi connectivity index (χ0n) is 9.73. The molecule has 0 unspecified atom stereocenters. The molecule has 0 N–H and O–H groups in total. The Balaban J connectivity index is 2.95. The average molecular weight is 203 g/mol. The summed E-state index contributed by atoms with van der Waals surface area (Å²) in [6.07, 6.45) is 0. The summed E-state index contributed by atoms with van der Waals surface area (Å²) < 4.78 is 0. The molecule has 0 radical (unpaired) electrons. The second-order valence-electron chi connectivity index (χ2n) is 4.75. The Bertz CT molecular complexity index is 367. The summed E-state index contributed by atoms with van der Waals surface area (Å²) in [6.45, 7) is 8.43. The van der Waals surface area contributed by atoms with Crippen LogP contribution in [0.3, 0.4) is 0 Å². The number of nitrogens with zero attached hydrogens (tertiary/aromatic N) is 3. The van der Waals surface area contributed by atoms with Gasteiger partial charge in [-0.3, -0.25) is 0 Å². The Hall–Kier alpha value is -1.47. The van der Waals surface area contributed by atoms with Crippen molar-refractivity contribution in [2.45, 2.75) is 39.2 Å². The van der Waals surface area contributed by atoms with Gasteiger partial charge >= 0.3 is 0 Å². The van der Waals surface area contributed by atoms with E-state index in [1.807, 2.05) is 19.1 Å². The minimum Gasteiger partial charge on any atom is -0.0862 e. The first-order valence-electron chi connectivity index (χ1n) is 5.10. The third-order valence-corrected chi connectivity index (χ3v) is 2.48. The highest BCUT2D eigenvalue weighted by Crippen LogP contribution is 2.24. The maximum Gasteiger partial charge on any atom is 0.0597 e. The third-order valence-electron chi connectivity index (χ3n) is 2.48. The van der Waals surface area contributed by atoms with Crippen LogP contribution in [-0.4, -0.2) is 0 Å².